The van der Waals surface area contributed by atoms with Crippen molar-refractivity contribution in [3.05, 3.63) is 5.76 Å². The van der Waals surface area contributed by atoms with Crippen molar-refractivity contribution in [3.8, 4) is 0 Å². The van der Waals surface area contributed by atoms with Gasteiger partial charge in [-0.05, 0) is 90.5 Å². The first kappa shape index (κ1) is 68.1. The van der Waals surface area contributed by atoms with E-state index >= 15 is 0 Å². The van der Waals surface area contributed by atoms with Crippen molar-refractivity contribution < 1.29 is 34.1 Å². The van der Waals surface area contributed by atoms with E-state index in [2.05, 4.69) is 23.6 Å². The SMILES string of the molecule is CCCCCCCCCCCCCCCCCCCCCCOC(=O)CCCCCCN(CCCCCCC(=O)O)CCCN(CCO)CCCCCCC(=C=O)OCCCCCCCCCCCC. The van der Waals surface area contributed by atoms with Crippen LogP contribution in [-0.4, -0.2) is 97.0 Å². The molecular weight excluding hydrogens is 873 g/mol. The number of carbonyl (C=O) groups is 2. The molecule has 0 aromatic rings. The van der Waals surface area contributed by atoms with E-state index in [4.69, 9.17) is 14.6 Å². The second kappa shape index (κ2) is 58.0. The van der Waals surface area contributed by atoms with Crippen LogP contribution in [0.2, 0.25) is 0 Å². The molecule has 0 spiro atoms. The number of esters is 1. The highest BCUT2D eigenvalue weighted by molar-refractivity contribution is 5.69. The summed E-state index contributed by atoms with van der Waals surface area (Å²) in [6, 6.07) is 0. The van der Waals surface area contributed by atoms with Crippen LogP contribution in [0.25, 0.3) is 0 Å². The van der Waals surface area contributed by atoms with Crippen molar-refractivity contribution in [2.24, 2.45) is 0 Å². The van der Waals surface area contributed by atoms with Gasteiger partial charge in [0, 0.05) is 25.8 Å². The molecule has 0 fully saturated rings. The van der Waals surface area contributed by atoms with E-state index in [0.29, 0.717) is 38.4 Å². The largest absolute Gasteiger partial charge is 0.487 e. The molecular formula is C61H118N2O7. The average molecular weight is 992 g/mol. The summed E-state index contributed by atoms with van der Waals surface area (Å²) in [6.45, 7) is 11.6. The number of aliphatic carboxylic acids is 1. The van der Waals surface area contributed by atoms with Gasteiger partial charge in [0.25, 0.3) is 0 Å². The molecule has 0 bridgehead atoms. The van der Waals surface area contributed by atoms with Crippen molar-refractivity contribution in [1.82, 2.24) is 9.80 Å². The van der Waals surface area contributed by atoms with Gasteiger partial charge in [-0.2, -0.15) is 0 Å². The molecule has 9 heteroatoms. The summed E-state index contributed by atoms with van der Waals surface area (Å²) in [6.07, 6.45) is 54.8. The second-order valence-corrected chi connectivity index (χ2v) is 21.1. The molecule has 0 saturated heterocycles. The Hall–Kier alpha value is -1.93. The molecule has 0 aromatic carbocycles. The number of rotatable bonds is 60. The number of ether oxygens (including phenoxy) is 2. The molecule has 0 heterocycles. The van der Waals surface area contributed by atoms with Gasteiger partial charge < -0.3 is 29.5 Å². The lowest BCUT2D eigenvalue weighted by Gasteiger charge is -2.26. The Morgan fingerprint density at radius 1 is 0.357 bits per heavy atom. The zero-order chi connectivity index (χ0) is 50.9. The third kappa shape index (κ3) is 53.9. The lowest BCUT2D eigenvalue weighted by Crippen LogP contribution is -2.33. The molecule has 70 heavy (non-hydrogen) atoms. The molecule has 0 aliphatic rings. The zero-order valence-corrected chi connectivity index (χ0v) is 46.7. The molecule has 0 atom stereocenters. The lowest BCUT2D eigenvalue weighted by atomic mass is 10.0. The minimum absolute atomic E-state index is 0.0430. The Morgan fingerprint density at radius 3 is 1.03 bits per heavy atom. The lowest BCUT2D eigenvalue weighted by molar-refractivity contribution is -0.144. The molecule has 0 radical (unpaired) electrons. The van der Waals surface area contributed by atoms with Crippen LogP contribution in [0.15, 0.2) is 5.76 Å². The monoisotopic (exact) mass is 991 g/mol. The van der Waals surface area contributed by atoms with Crippen molar-refractivity contribution in [2.45, 2.75) is 309 Å². The van der Waals surface area contributed by atoms with E-state index in [-0.39, 0.29) is 19.0 Å². The van der Waals surface area contributed by atoms with Crippen LogP contribution in [-0.2, 0) is 23.9 Å². The zero-order valence-electron chi connectivity index (χ0n) is 46.7. The Bertz CT molecular complexity index is 1130. The molecule has 0 amide bonds. The standard InChI is InChI=1S/C61H118N2O7/c1-3-5-7-9-11-13-15-16-17-18-19-20-21-22-23-24-26-28-36-44-57-70-61(68)48-39-31-34-41-50-62(49-40-33-30-38-47-60(66)67)52-45-53-63(54-55-64)51-42-32-29-37-46-59(58-65)69-56-43-35-27-25-14-12-10-8-6-4-2/h64H,3-57H2,1-2H3,(H,66,67). The summed E-state index contributed by atoms with van der Waals surface area (Å²) in [5.41, 5.74) is 0. The summed E-state index contributed by atoms with van der Waals surface area (Å²) in [5.74, 6) is 1.76. The fourth-order valence-electron chi connectivity index (χ4n) is 9.78. The van der Waals surface area contributed by atoms with Gasteiger partial charge in [0.05, 0.1) is 19.8 Å². The molecule has 0 aliphatic carbocycles. The number of hydrogen-bond donors (Lipinski definition) is 2. The predicted octanol–water partition coefficient (Wildman–Crippen LogP) is 16.9. The number of carboxylic acids is 1. The molecule has 0 rings (SSSR count). The summed E-state index contributed by atoms with van der Waals surface area (Å²) in [5, 5.41) is 18.8. The second-order valence-electron chi connectivity index (χ2n) is 21.1. The Labute approximate surface area is 434 Å². The highest BCUT2D eigenvalue weighted by Crippen LogP contribution is 2.17. The predicted molar refractivity (Wildman–Crippen MR) is 297 cm³/mol. The first-order valence-corrected chi connectivity index (χ1v) is 30.8. The summed E-state index contributed by atoms with van der Waals surface area (Å²) in [4.78, 5) is 39.7. The van der Waals surface area contributed by atoms with Gasteiger partial charge >= 0.3 is 11.9 Å². The number of aliphatic hydroxyl groups is 1. The van der Waals surface area contributed by atoms with Crippen molar-refractivity contribution in [3.63, 3.8) is 0 Å². The topological polar surface area (TPSA) is 117 Å². The van der Waals surface area contributed by atoms with Crippen LogP contribution < -0.4 is 0 Å². The van der Waals surface area contributed by atoms with Gasteiger partial charge in [-0.1, -0.05) is 232 Å². The molecule has 0 saturated carbocycles. The summed E-state index contributed by atoms with van der Waals surface area (Å²) in [7, 11) is 0. The number of carboxylic acid groups (broad SMARTS) is 1. The van der Waals surface area contributed by atoms with Gasteiger partial charge in [-0.15, -0.1) is 0 Å². The third-order valence-corrected chi connectivity index (χ3v) is 14.4. The third-order valence-electron chi connectivity index (χ3n) is 14.4. The maximum Gasteiger partial charge on any atom is 0.305 e. The van der Waals surface area contributed by atoms with Crippen molar-refractivity contribution >= 4 is 17.9 Å². The molecule has 0 aromatic heterocycles. The van der Waals surface area contributed by atoms with Crippen LogP contribution in [0.3, 0.4) is 0 Å². The summed E-state index contributed by atoms with van der Waals surface area (Å²) < 4.78 is 11.3. The first-order valence-electron chi connectivity index (χ1n) is 30.8. The Kier molecular flexibility index (Phi) is 56.4. The minimum atomic E-state index is -0.711. The van der Waals surface area contributed by atoms with Gasteiger partial charge in [0.1, 0.15) is 0 Å². The minimum Gasteiger partial charge on any atom is -0.487 e. The summed E-state index contributed by atoms with van der Waals surface area (Å²) >= 11 is 0. The van der Waals surface area contributed by atoms with E-state index in [9.17, 15) is 19.5 Å². The van der Waals surface area contributed by atoms with Gasteiger partial charge in [0.2, 0.25) is 0 Å². The maximum absolute atomic E-state index is 12.4. The first-order chi connectivity index (χ1) is 34.5. The molecule has 414 valence electrons. The quantitative estimate of drug-likeness (QED) is 0.0266. The van der Waals surface area contributed by atoms with Crippen molar-refractivity contribution in [2.75, 3.05) is 59.1 Å². The number of unbranched alkanes of at least 4 members (excludes halogenated alkanes) is 37. The van der Waals surface area contributed by atoms with E-state index < -0.39 is 5.97 Å². The van der Waals surface area contributed by atoms with E-state index in [1.807, 2.05) is 5.94 Å². The number of allylic oxidation sites excluding steroid dienone is 1. The van der Waals surface area contributed by atoms with Gasteiger partial charge in [-0.3, -0.25) is 9.59 Å². The van der Waals surface area contributed by atoms with E-state index in [0.717, 1.165) is 135 Å². The number of carbonyl (C=O) groups excluding carboxylic acids is 2. The van der Waals surface area contributed by atoms with Crippen LogP contribution in [0.1, 0.15) is 309 Å². The molecule has 2 N–H and O–H groups in total. The number of aliphatic hydroxyl groups excluding tert-OH is 1. The highest BCUT2D eigenvalue weighted by Gasteiger charge is 2.10. The fourth-order valence-corrected chi connectivity index (χ4v) is 9.78. The Balaban J connectivity index is 4.10. The average Bonchev–Trinajstić information content (AvgIpc) is 3.35. The number of hydrogen-bond acceptors (Lipinski definition) is 8. The molecule has 0 aliphatic heterocycles. The maximum atomic E-state index is 12.4. The van der Waals surface area contributed by atoms with E-state index in [1.165, 1.54) is 173 Å². The van der Waals surface area contributed by atoms with Crippen LogP contribution in [0.5, 0.6) is 0 Å². The fraction of sp³-hybridized carbons (Fsp3) is 0.934. The smallest absolute Gasteiger partial charge is 0.305 e. The normalized spacial score (nSPS) is 11.5. The molecule has 0 unspecified atom stereocenters. The van der Waals surface area contributed by atoms with Crippen molar-refractivity contribution in [1.29, 1.82) is 0 Å². The highest BCUT2D eigenvalue weighted by atomic mass is 16.5. The Morgan fingerprint density at radius 2 is 0.657 bits per heavy atom. The number of nitrogens with zero attached hydrogens (tertiary/aromatic N) is 2. The van der Waals surface area contributed by atoms with Crippen LogP contribution >= 0.6 is 0 Å². The van der Waals surface area contributed by atoms with Gasteiger partial charge in [-0.25, -0.2) is 4.79 Å². The van der Waals surface area contributed by atoms with Crippen LogP contribution in [0.4, 0.5) is 0 Å². The molecule has 9 nitrogen and oxygen atoms in total. The van der Waals surface area contributed by atoms with Gasteiger partial charge in [0.15, 0.2) is 11.7 Å². The van der Waals surface area contributed by atoms with Crippen LogP contribution in [0, 0.1) is 0 Å². The van der Waals surface area contributed by atoms with E-state index in [1.54, 1.807) is 0 Å².